The SMILES string of the molecule is CC/C=C\C/C=C\C/C=C\C/C=C\C/C=C\C/C=C\C/C=C\C/C=C\CCCCCCC(=O)NC(COC1OC(CO)C(O)C(O)C1O)C(O)CCCCCCCCCCCCCCCC. The molecule has 0 aliphatic carbocycles. The van der Waals surface area contributed by atoms with Crippen molar-refractivity contribution in [1.82, 2.24) is 5.32 Å². The molecular formula is C57H97NO8. The highest BCUT2D eigenvalue weighted by atomic mass is 16.7. The Bertz CT molecular complexity index is 1350. The van der Waals surface area contributed by atoms with Gasteiger partial charge in [-0.3, -0.25) is 4.79 Å². The standard InChI is InChI=1S/C57H97NO8/c1-3-5-7-9-11-13-15-17-19-20-21-22-23-24-25-26-27-28-29-30-31-32-33-35-37-39-41-43-45-47-53(61)58-50(49-65-57-56(64)55(63)54(62)52(48-59)66-57)51(60)46-44-42-40-38-36-34-18-16-14-12-10-8-6-4-2/h5,7,11,13,17,19,21-22,24-25,27-28,30-31,33,35,50-52,54-57,59-60,62-64H,3-4,6,8-10,12,14-16,18,20,23,26,29,32,34,36-49H2,1-2H3,(H,58,61)/b7-5-,13-11-,19-17-,22-21-,25-24-,28-27-,31-30-,35-33-. The van der Waals surface area contributed by atoms with Crippen molar-refractivity contribution in [2.45, 2.75) is 243 Å². The summed E-state index contributed by atoms with van der Waals surface area (Å²) in [6, 6.07) is -0.739. The first kappa shape index (κ1) is 61.1. The quantitative estimate of drug-likeness (QED) is 0.0262. The molecule has 0 radical (unpaired) electrons. The summed E-state index contributed by atoms with van der Waals surface area (Å²) in [5.74, 6) is -0.173. The first-order valence-electron chi connectivity index (χ1n) is 26.4. The molecule has 1 saturated heterocycles. The Morgan fingerprint density at radius 1 is 0.530 bits per heavy atom. The number of aliphatic hydroxyl groups is 5. The van der Waals surface area contributed by atoms with E-state index in [4.69, 9.17) is 9.47 Å². The normalized spacial score (nSPS) is 20.6. The zero-order valence-electron chi connectivity index (χ0n) is 41.7. The maximum Gasteiger partial charge on any atom is 0.220 e. The zero-order valence-corrected chi connectivity index (χ0v) is 41.7. The summed E-state index contributed by atoms with van der Waals surface area (Å²) in [6.07, 6.45) is 58.4. The fourth-order valence-corrected chi connectivity index (χ4v) is 7.76. The Kier molecular flexibility index (Phi) is 42.5. The maximum absolute atomic E-state index is 13.0. The van der Waals surface area contributed by atoms with Gasteiger partial charge in [-0.1, -0.05) is 214 Å². The Morgan fingerprint density at radius 3 is 1.39 bits per heavy atom. The number of unbranched alkanes of at least 4 members (excludes halogenated alkanes) is 17. The summed E-state index contributed by atoms with van der Waals surface area (Å²) in [6.45, 7) is 3.69. The molecule has 0 bridgehead atoms. The molecule has 0 spiro atoms. The van der Waals surface area contributed by atoms with E-state index < -0.39 is 49.5 Å². The third kappa shape index (κ3) is 35.3. The van der Waals surface area contributed by atoms with Crippen molar-refractivity contribution in [3.63, 3.8) is 0 Å². The van der Waals surface area contributed by atoms with Gasteiger partial charge in [-0.2, -0.15) is 0 Å². The van der Waals surface area contributed by atoms with E-state index in [1.807, 2.05) is 0 Å². The third-order valence-corrected chi connectivity index (χ3v) is 12.0. The maximum atomic E-state index is 13.0. The molecular weight excluding hydrogens is 827 g/mol. The summed E-state index contributed by atoms with van der Waals surface area (Å²) >= 11 is 0. The number of carbonyl (C=O) groups is 1. The van der Waals surface area contributed by atoms with Crippen LogP contribution in [0.1, 0.15) is 200 Å². The molecule has 1 aliphatic rings. The lowest BCUT2D eigenvalue weighted by molar-refractivity contribution is -0.302. The van der Waals surface area contributed by atoms with Gasteiger partial charge >= 0.3 is 0 Å². The molecule has 0 aromatic carbocycles. The number of carbonyl (C=O) groups excluding carboxylic acids is 1. The van der Waals surface area contributed by atoms with Gasteiger partial charge in [0.2, 0.25) is 5.91 Å². The Hall–Kier alpha value is -2.89. The Balaban J connectivity index is 2.27. The molecule has 7 unspecified atom stereocenters. The van der Waals surface area contributed by atoms with E-state index in [0.29, 0.717) is 12.8 Å². The van der Waals surface area contributed by atoms with Gasteiger partial charge in [0, 0.05) is 6.42 Å². The van der Waals surface area contributed by atoms with Crippen LogP contribution in [-0.4, -0.2) is 87.5 Å². The molecule has 9 nitrogen and oxygen atoms in total. The highest BCUT2D eigenvalue weighted by Crippen LogP contribution is 2.23. The molecule has 378 valence electrons. The largest absolute Gasteiger partial charge is 0.394 e. The van der Waals surface area contributed by atoms with Crippen LogP contribution >= 0.6 is 0 Å². The molecule has 9 heteroatoms. The van der Waals surface area contributed by atoms with Crippen LogP contribution in [0.2, 0.25) is 0 Å². The predicted octanol–water partition coefficient (Wildman–Crippen LogP) is 12.5. The number of ether oxygens (including phenoxy) is 2. The van der Waals surface area contributed by atoms with Crippen molar-refractivity contribution in [2.75, 3.05) is 13.2 Å². The van der Waals surface area contributed by atoms with Gasteiger partial charge < -0.3 is 40.3 Å². The second kappa shape index (κ2) is 45.9. The molecule has 1 aliphatic heterocycles. The lowest BCUT2D eigenvalue weighted by Gasteiger charge is -2.40. The fourth-order valence-electron chi connectivity index (χ4n) is 7.76. The molecule has 0 aromatic heterocycles. The van der Waals surface area contributed by atoms with Crippen LogP contribution in [0, 0.1) is 0 Å². The van der Waals surface area contributed by atoms with Crippen LogP contribution in [-0.2, 0) is 14.3 Å². The molecule has 0 aromatic rings. The molecule has 1 heterocycles. The molecule has 7 atom stereocenters. The summed E-state index contributed by atoms with van der Waals surface area (Å²) in [5, 5.41) is 54.5. The van der Waals surface area contributed by atoms with Gasteiger partial charge in [0.05, 0.1) is 25.4 Å². The number of nitrogens with one attached hydrogen (secondary N) is 1. The third-order valence-electron chi connectivity index (χ3n) is 12.0. The van der Waals surface area contributed by atoms with E-state index in [0.717, 1.165) is 103 Å². The highest BCUT2D eigenvalue weighted by molar-refractivity contribution is 5.76. The van der Waals surface area contributed by atoms with Crippen molar-refractivity contribution in [3.8, 4) is 0 Å². The number of allylic oxidation sites excluding steroid dienone is 16. The average molecular weight is 924 g/mol. The molecule has 1 fully saturated rings. The van der Waals surface area contributed by atoms with Crippen molar-refractivity contribution in [1.29, 1.82) is 0 Å². The number of amides is 1. The summed E-state index contributed by atoms with van der Waals surface area (Å²) in [5.41, 5.74) is 0. The van der Waals surface area contributed by atoms with E-state index in [1.165, 1.54) is 70.6 Å². The molecule has 1 amide bonds. The summed E-state index contributed by atoms with van der Waals surface area (Å²) < 4.78 is 11.3. The van der Waals surface area contributed by atoms with Crippen molar-refractivity contribution in [2.24, 2.45) is 0 Å². The highest BCUT2D eigenvalue weighted by Gasteiger charge is 2.44. The topological polar surface area (TPSA) is 149 Å². The predicted molar refractivity (Wildman–Crippen MR) is 276 cm³/mol. The van der Waals surface area contributed by atoms with Gasteiger partial charge in [0.15, 0.2) is 6.29 Å². The minimum Gasteiger partial charge on any atom is -0.394 e. The van der Waals surface area contributed by atoms with Gasteiger partial charge in [-0.05, 0) is 77.0 Å². The van der Waals surface area contributed by atoms with Gasteiger partial charge in [-0.25, -0.2) is 0 Å². The van der Waals surface area contributed by atoms with Crippen LogP contribution in [0.25, 0.3) is 0 Å². The van der Waals surface area contributed by atoms with Crippen LogP contribution < -0.4 is 5.32 Å². The number of rotatable bonds is 43. The van der Waals surface area contributed by atoms with Crippen LogP contribution in [0.5, 0.6) is 0 Å². The fraction of sp³-hybridized carbons (Fsp3) is 0.702. The molecule has 0 saturated carbocycles. The average Bonchev–Trinajstić information content (AvgIpc) is 3.32. The van der Waals surface area contributed by atoms with E-state index >= 15 is 0 Å². The van der Waals surface area contributed by atoms with Crippen LogP contribution in [0.15, 0.2) is 97.2 Å². The van der Waals surface area contributed by atoms with E-state index in [9.17, 15) is 30.3 Å². The Morgan fingerprint density at radius 2 is 0.939 bits per heavy atom. The van der Waals surface area contributed by atoms with E-state index in [-0.39, 0.29) is 12.5 Å². The number of aliphatic hydroxyl groups excluding tert-OH is 5. The Labute approximate surface area is 403 Å². The number of hydrogen-bond donors (Lipinski definition) is 6. The van der Waals surface area contributed by atoms with Crippen LogP contribution in [0.4, 0.5) is 0 Å². The summed E-state index contributed by atoms with van der Waals surface area (Å²) in [4.78, 5) is 13.0. The monoisotopic (exact) mass is 924 g/mol. The van der Waals surface area contributed by atoms with Gasteiger partial charge in [0.1, 0.15) is 24.4 Å². The first-order chi connectivity index (χ1) is 32.3. The first-order valence-corrected chi connectivity index (χ1v) is 26.4. The lowest BCUT2D eigenvalue weighted by Crippen LogP contribution is -2.60. The van der Waals surface area contributed by atoms with E-state index in [1.54, 1.807) is 0 Å². The second-order valence-electron chi connectivity index (χ2n) is 17.9. The minimum atomic E-state index is -1.56. The molecule has 6 N–H and O–H groups in total. The van der Waals surface area contributed by atoms with Gasteiger partial charge in [-0.15, -0.1) is 0 Å². The second-order valence-corrected chi connectivity index (χ2v) is 17.9. The lowest BCUT2D eigenvalue weighted by atomic mass is 9.99. The molecule has 66 heavy (non-hydrogen) atoms. The van der Waals surface area contributed by atoms with Crippen molar-refractivity contribution in [3.05, 3.63) is 97.2 Å². The zero-order chi connectivity index (χ0) is 48.0. The number of hydrogen-bond acceptors (Lipinski definition) is 8. The van der Waals surface area contributed by atoms with Crippen molar-refractivity contribution < 1.29 is 39.8 Å². The van der Waals surface area contributed by atoms with E-state index in [2.05, 4.69) is 116 Å². The minimum absolute atomic E-state index is 0.155. The van der Waals surface area contributed by atoms with Crippen LogP contribution in [0.3, 0.4) is 0 Å². The van der Waals surface area contributed by atoms with Crippen molar-refractivity contribution >= 4 is 5.91 Å². The summed E-state index contributed by atoms with van der Waals surface area (Å²) in [7, 11) is 0. The molecule has 1 rings (SSSR count). The smallest absolute Gasteiger partial charge is 0.220 e. The van der Waals surface area contributed by atoms with Gasteiger partial charge in [0.25, 0.3) is 0 Å².